The van der Waals surface area contributed by atoms with Gasteiger partial charge in [-0.05, 0) is 20.8 Å². The van der Waals surface area contributed by atoms with Gasteiger partial charge in [0.2, 0.25) is 0 Å². The Morgan fingerprint density at radius 3 is 2.57 bits per heavy atom. The highest BCUT2D eigenvalue weighted by Gasteiger charge is 2.26. The highest BCUT2D eigenvalue weighted by molar-refractivity contribution is 5.94. The van der Waals surface area contributed by atoms with Crippen LogP contribution >= 0.6 is 0 Å². The fourth-order valence-corrected chi connectivity index (χ4v) is 1.98. The zero-order valence-electron chi connectivity index (χ0n) is 12.4. The molecule has 1 heterocycles. The predicted molar refractivity (Wildman–Crippen MR) is 77.8 cm³/mol. The standard InChI is InChI=1S/C15H19N3O3/c1-4-21-15(20)13-14(12-8-6-5-7-9-12)18(17-16-13)10(2)11(3)19/h5-11,19H,4H2,1-3H3. The molecule has 0 aliphatic heterocycles. The van der Waals surface area contributed by atoms with Gasteiger partial charge in [-0.2, -0.15) is 0 Å². The Hall–Kier alpha value is -2.21. The third-order valence-electron chi connectivity index (χ3n) is 3.29. The van der Waals surface area contributed by atoms with E-state index in [0.29, 0.717) is 5.69 Å². The molecule has 1 N–H and O–H groups in total. The van der Waals surface area contributed by atoms with Crippen molar-refractivity contribution in [2.45, 2.75) is 32.9 Å². The zero-order chi connectivity index (χ0) is 15.4. The van der Waals surface area contributed by atoms with Crippen molar-refractivity contribution < 1.29 is 14.6 Å². The SMILES string of the molecule is CCOC(=O)c1nnn(C(C)C(C)O)c1-c1ccccc1. The van der Waals surface area contributed by atoms with Crippen molar-refractivity contribution in [2.75, 3.05) is 6.61 Å². The Labute approximate surface area is 123 Å². The summed E-state index contributed by atoms with van der Waals surface area (Å²) >= 11 is 0. The summed E-state index contributed by atoms with van der Waals surface area (Å²) in [6.45, 7) is 5.50. The number of aliphatic hydroxyl groups excluding tert-OH is 1. The molecule has 1 aromatic heterocycles. The average molecular weight is 289 g/mol. The minimum atomic E-state index is -0.621. The normalized spacial score (nSPS) is 13.7. The molecule has 0 spiro atoms. The second-order valence-electron chi connectivity index (χ2n) is 4.80. The summed E-state index contributed by atoms with van der Waals surface area (Å²) in [5, 5.41) is 17.8. The number of nitrogens with zero attached hydrogens (tertiary/aromatic N) is 3. The van der Waals surface area contributed by atoms with Crippen molar-refractivity contribution in [3.05, 3.63) is 36.0 Å². The van der Waals surface area contributed by atoms with Gasteiger partial charge in [-0.1, -0.05) is 35.5 Å². The first-order valence-electron chi connectivity index (χ1n) is 6.92. The summed E-state index contributed by atoms with van der Waals surface area (Å²) in [4.78, 5) is 12.0. The molecule has 0 saturated heterocycles. The largest absolute Gasteiger partial charge is 0.461 e. The molecule has 0 aliphatic rings. The van der Waals surface area contributed by atoms with Crippen LogP contribution in [-0.2, 0) is 4.74 Å². The Bertz CT molecular complexity index is 608. The number of hydrogen-bond donors (Lipinski definition) is 1. The van der Waals surface area contributed by atoms with Crippen LogP contribution in [0, 0.1) is 0 Å². The average Bonchev–Trinajstić information content (AvgIpc) is 2.92. The molecule has 2 unspecified atom stereocenters. The van der Waals surface area contributed by atoms with Crippen LogP contribution in [0.3, 0.4) is 0 Å². The summed E-state index contributed by atoms with van der Waals surface area (Å²) < 4.78 is 6.59. The smallest absolute Gasteiger partial charge is 0.361 e. The van der Waals surface area contributed by atoms with Crippen LogP contribution in [0.2, 0.25) is 0 Å². The number of aromatic nitrogens is 3. The molecule has 2 rings (SSSR count). The first-order chi connectivity index (χ1) is 10.1. The second kappa shape index (κ2) is 6.49. The van der Waals surface area contributed by atoms with Crippen LogP contribution in [0.5, 0.6) is 0 Å². The number of rotatable bonds is 5. The minimum Gasteiger partial charge on any atom is -0.461 e. The van der Waals surface area contributed by atoms with Gasteiger partial charge in [0, 0.05) is 5.56 Å². The van der Waals surface area contributed by atoms with E-state index in [1.165, 1.54) is 0 Å². The molecule has 2 aromatic rings. The van der Waals surface area contributed by atoms with Crippen molar-refractivity contribution in [1.29, 1.82) is 0 Å². The lowest BCUT2D eigenvalue weighted by molar-refractivity contribution is 0.0520. The first kappa shape index (κ1) is 15.2. The van der Waals surface area contributed by atoms with Crippen molar-refractivity contribution in [3.63, 3.8) is 0 Å². The third-order valence-corrected chi connectivity index (χ3v) is 3.29. The van der Waals surface area contributed by atoms with E-state index in [4.69, 9.17) is 4.74 Å². The van der Waals surface area contributed by atoms with Crippen molar-refractivity contribution in [3.8, 4) is 11.3 Å². The van der Waals surface area contributed by atoms with Crippen LogP contribution < -0.4 is 0 Å². The molecule has 0 aliphatic carbocycles. The van der Waals surface area contributed by atoms with Gasteiger partial charge in [0.1, 0.15) is 5.69 Å². The number of esters is 1. The summed E-state index contributed by atoms with van der Waals surface area (Å²) in [6, 6.07) is 9.05. The molecule has 0 bridgehead atoms. The monoisotopic (exact) mass is 289 g/mol. The molecular formula is C15H19N3O3. The van der Waals surface area contributed by atoms with Crippen LogP contribution in [0.15, 0.2) is 30.3 Å². The van der Waals surface area contributed by atoms with E-state index in [-0.39, 0.29) is 18.3 Å². The molecule has 2 atom stereocenters. The van der Waals surface area contributed by atoms with E-state index in [1.807, 2.05) is 37.3 Å². The molecule has 0 amide bonds. The molecule has 6 nitrogen and oxygen atoms in total. The third kappa shape index (κ3) is 3.11. The molecule has 21 heavy (non-hydrogen) atoms. The highest BCUT2D eigenvalue weighted by atomic mass is 16.5. The predicted octanol–water partition coefficient (Wildman–Crippen LogP) is 2.06. The van der Waals surface area contributed by atoms with E-state index in [0.717, 1.165) is 5.56 Å². The maximum absolute atomic E-state index is 12.0. The fraction of sp³-hybridized carbons (Fsp3) is 0.400. The van der Waals surface area contributed by atoms with Gasteiger partial charge in [-0.15, -0.1) is 5.10 Å². The van der Waals surface area contributed by atoms with Crippen molar-refractivity contribution >= 4 is 5.97 Å². The van der Waals surface area contributed by atoms with Gasteiger partial charge in [0.05, 0.1) is 18.8 Å². The number of carbonyl (C=O) groups excluding carboxylic acids is 1. The first-order valence-corrected chi connectivity index (χ1v) is 6.92. The molecule has 1 aromatic carbocycles. The Morgan fingerprint density at radius 2 is 2.00 bits per heavy atom. The Balaban J connectivity index is 2.56. The fourth-order valence-electron chi connectivity index (χ4n) is 1.98. The molecular weight excluding hydrogens is 270 g/mol. The molecule has 0 radical (unpaired) electrons. The van der Waals surface area contributed by atoms with Crippen LogP contribution in [-0.4, -0.2) is 38.8 Å². The topological polar surface area (TPSA) is 77.2 Å². The highest BCUT2D eigenvalue weighted by Crippen LogP contribution is 2.26. The van der Waals surface area contributed by atoms with Crippen LogP contribution in [0.1, 0.15) is 37.3 Å². The van der Waals surface area contributed by atoms with Gasteiger partial charge < -0.3 is 9.84 Å². The molecule has 0 fully saturated rings. The van der Waals surface area contributed by atoms with E-state index >= 15 is 0 Å². The van der Waals surface area contributed by atoms with E-state index in [2.05, 4.69) is 10.3 Å². The molecule has 112 valence electrons. The lowest BCUT2D eigenvalue weighted by Gasteiger charge is -2.17. The summed E-state index contributed by atoms with van der Waals surface area (Å²) in [6.07, 6.45) is -0.621. The van der Waals surface area contributed by atoms with E-state index < -0.39 is 12.1 Å². The number of aliphatic hydroxyl groups is 1. The van der Waals surface area contributed by atoms with Crippen LogP contribution in [0.25, 0.3) is 11.3 Å². The summed E-state index contributed by atoms with van der Waals surface area (Å²) in [5.41, 5.74) is 1.52. The van der Waals surface area contributed by atoms with Gasteiger partial charge in [-0.25, -0.2) is 9.48 Å². The van der Waals surface area contributed by atoms with Gasteiger partial charge >= 0.3 is 5.97 Å². The van der Waals surface area contributed by atoms with Gasteiger partial charge in [-0.3, -0.25) is 0 Å². The number of benzene rings is 1. The molecule has 0 saturated carbocycles. The lowest BCUT2D eigenvalue weighted by Crippen LogP contribution is -2.20. The van der Waals surface area contributed by atoms with Gasteiger partial charge in [0.25, 0.3) is 0 Å². The quantitative estimate of drug-likeness (QED) is 0.853. The maximum Gasteiger partial charge on any atom is 0.361 e. The number of carbonyl (C=O) groups is 1. The summed E-state index contributed by atoms with van der Waals surface area (Å²) in [5.74, 6) is -0.514. The van der Waals surface area contributed by atoms with E-state index in [1.54, 1.807) is 18.5 Å². The Morgan fingerprint density at radius 1 is 1.33 bits per heavy atom. The van der Waals surface area contributed by atoms with Crippen LogP contribution in [0.4, 0.5) is 0 Å². The van der Waals surface area contributed by atoms with Crippen molar-refractivity contribution in [1.82, 2.24) is 15.0 Å². The minimum absolute atomic E-state index is 0.163. The zero-order valence-corrected chi connectivity index (χ0v) is 12.4. The van der Waals surface area contributed by atoms with Crippen molar-refractivity contribution in [2.24, 2.45) is 0 Å². The maximum atomic E-state index is 12.0. The number of ether oxygens (including phenoxy) is 1. The van der Waals surface area contributed by atoms with E-state index in [9.17, 15) is 9.90 Å². The second-order valence-corrected chi connectivity index (χ2v) is 4.80. The van der Waals surface area contributed by atoms with Gasteiger partial charge in [0.15, 0.2) is 5.69 Å². The lowest BCUT2D eigenvalue weighted by atomic mass is 10.1. The molecule has 6 heteroatoms. The Kier molecular flexibility index (Phi) is 4.70. The summed E-state index contributed by atoms with van der Waals surface area (Å²) in [7, 11) is 0. The number of hydrogen-bond acceptors (Lipinski definition) is 5.